The molecule has 2 aromatic rings. The van der Waals surface area contributed by atoms with Gasteiger partial charge in [0.05, 0.1) is 0 Å². The number of nitrogens with zero attached hydrogens (tertiary/aromatic N) is 12. The van der Waals surface area contributed by atoms with E-state index in [0.717, 1.165) is 166 Å². The van der Waals surface area contributed by atoms with E-state index in [2.05, 4.69) is 254 Å². The Kier molecular flexibility index (Phi) is 24.2. The molecule has 0 saturated carbocycles. The van der Waals surface area contributed by atoms with Crippen molar-refractivity contribution in [3.8, 4) is 0 Å². The zero-order valence-electron chi connectivity index (χ0n) is 68.2. The molecule has 0 atom stereocenters. The Morgan fingerprint density at radius 1 is 0.360 bits per heavy atom. The zero-order valence-corrected chi connectivity index (χ0v) is 68.2. The van der Waals surface area contributed by atoms with Crippen LogP contribution in [0.3, 0.4) is 0 Å². The summed E-state index contributed by atoms with van der Waals surface area (Å²) in [5.41, 5.74) is -2.70. The van der Waals surface area contributed by atoms with E-state index in [1.165, 1.54) is 12.2 Å². The summed E-state index contributed by atoms with van der Waals surface area (Å²) in [7, 11) is 0. The van der Waals surface area contributed by atoms with E-state index in [4.69, 9.17) is 29.9 Å². The number of hydrogen-bond donors (Lipinski definition) is 6. The van der Waals surface area contributed by atoms with Crippen molar-refractivity contribution in [1.29, 1.82) is 0 Å². The van der Waals surface area contributed by atoms with Gasteiger partial charge in [-0.05, 0) is 281 Å². The fourth-order valence-corrected chi connectivity index (χ4v) is 21.2. The van der Waals surface area contributed by atoms with Gasteiger partial charge < -0.3 is 61.3 Å². The van der Waals surface area contributed by atoms with Crippen LogP contribution in [0.5, 0.6) is 0 Å². The number of unbranched alkanes of at least 4 members (excludes halogenated alkanes) is 5. The highest BCUT2D eigenvalue weighted by Gasteiger charge is 2.52. The summed E-state index contributed by atoms with van der Waals surface area (Å²) in [6, 6.07) is 0.714. The molecule has 2 aromatic heterocycles. The molecule has 0 aliphatic carbocycles. The SMILES string of the molecule is C=CC(=O)N1C(C)(C)CC(N(CCCC)c2nc(NC3CC(C)(C)NC(C)(C)C3)nc(N(CCCCCCN(c3nc(NC4CC(C)(C)NC(C)(C)C4)nc(N(CCCC)C4CC(C)(C)N(C(=O)C=C)C(C)(C)C4)n3)C3CC(C)(C)NC(C)(C)C3)C3CC(C)(C)NC(C)(C)C3)n2)CC1(C)C. The number of carbonyl (C=O) groups excluding carboxylic acids is 2. The number of aromatic nitrogens is 6. The molecule has 8 rings (SSSR count). The highest BCUT2D eigenvalue weighted by atomic mass is 16.2. The van der Waals surface area contributed by atoms with Gasteiger partial charge in [-0.2, -0.15) is 29.9 Å². The summed E-state index contributed by atoms with van der Waals surface area (Å²) >= 11 is 0. The van der Waals surface area contributed by atoms with Crippen molar-refractivity contribution >= 4 is 47.5 Å². The first-order chi connectivity index (χ1) is 45.9. The zero-order chi connectivity index (χ0) is 74.4. The maximum absolute atomic E-state index is 13.7. The molecule has 6 N–H and O–H groups in total. The Hall–Kier alpha value is -4.92. The molecule has 6 aliphatic rings. The molecule has 0 aromatic carbocycles. The van der Waals surface area contributed by atoms with Gasteiger partial charge in [-0.25, -0.2) is 0 Å². The number of likely N-dealkylation sites (tertiary alicyclic amines) is 2. The summed E-state index contributed by atoms with van der Waals surface area (Å²) < 4.78 is 0. The predicted molar refractivity (Wildman–Crippen MR) is 418 cm³/mol. The lowest BCUT2D eigenvalue weighted by Gasteiger charge is -2.56. The van der Waals surface area contributed by atoms with Gasteiger partial charge in [0.2, 0.25) is 47.5 Å². The molecule has 8 heterocycles. The average Bonchev–Trinajstić information content (AvgIpc) is 0.741. The minimum Gasteiger partial charge on any atom is -0.351 e. The predicted octanol–water partition coefficient (Wildman–Crippen LogP) is 14.7. The molecule has 6 aliphatic heterocycles. The van der Waals surface area contributed by atoms with Gasteiger partial charge in [0.25, 0.3) is 0 Å². The number of piperidine rings is 6. The molecular weight excluding hydrogens is 1250 g/mol. The quantitative estimate of drug-likeness (QED) is 0.0364. The first-order valence-electron chi connectivity index (χ1n) is 39.2. The Balaban J connectivity index is 1.17. The summed E-state index contributed by atoms with van der Waals surface area (Å²) in [6.07, 6.45) is 21.4. The van der Waals surface area contributed by atoms with Crippen LogP contribution in [0.4, 0.5) is 35.7 Å². The summed E-state index contributed by atoms with van der Waals surface area (Å²) in [6.45, 7) is 70.5. The van der Waals surface area contributed by atoms with Crippen LogP contribution in [0.15, 0.2) is 25.3 Å². The van der Waals surface area contributed by atoms with Gasteiger partial charge in [-0.3, -0.25) is 9.59 Å². The van der Waals surface area contributed by atoms with Crippen molar-refractivity contribution in [3.05, 3.63) is 25.3 Å². The first-order valence-corrected chi connectivity index (χ1v) is 39.2. The largest absolute Gasteiger partial charge is 0.351 e. The molecule has 20 heteroatoms. The topological polar surface area (TPSA) is 203 Å². The molecule has 566 valence electrons. The summed E-state index contributed by atoms with van der Waals surface area (Å²) in [4.78, 5) is 75.5. The Morgan fingerprint density at radius 3 is 0.810 bits per heavy atom. The number of nitrogens with one attached hydrogen (secondary N) is 6. The fourth-order valence-electron chi connectivity index (χ4n) is 21.2. The van der Waals surface area contributed by atoms with Crippen LogP contribution in [-0.2, 0) is 9.59 Å². The van der Waals surface area contributed by atoms with Crippen molar-refractivity contribution in [1.82, 2.24) is 61.0 Å². The van der Waals surface area contributed by atoms with Crippen molar-refractivity contribution in [2.45, 2.75) is 411 Å². The van der Waals surface area contributed by atoms with Crippen LogP contribution in [0, 0.1) is 0 Å². The lowest BCUT2D eigenvalue weighted by Crippen LogP contribution is -2.66. The maximum Gasteiger partial charge on any atom is 0.246 e. The number of amides is 2. The minimum absolute atomic E-state index is 0.0303. The van der Waals surface area contributed by atoms with Crippen LogP contribution >= 0.6 is 0 Å². The third-order valence-corrected chi connectivity index (χ3v) is 22.6. The van der Waals surface area contributed by atoms with Crippen LogP contribution in [0.1, 0.15) is 308 Å². The van der Waals surface area contributed by atoms with E-state index < -0.39 is 22.2 Å². The van der Waals surface area contributed by atoms with Crippen molar-refractivity contribution in [2.75, 3.05) is 56.4 Å². The van der Waals surface area contributed by atoms with Crippen molar-refractivity contribution in [3.63, 3.8) is 0 Å². The number of anilines is 6. The average molecular weight is 1390 g/mol. The highest BCUT2D eigenvalue weighted by Crippen LogP contribution is 2.45. The molecular formula is C80H144N18O2. The number of carbonyl (C=O) groups is 2. The smallest absolute Gasteiger partial charge is 0.246 e. The Labute approximate surface area is 608 Å². The normalized spacial score (nSPS) is 24.6. The van der Waals surface area contributed by atoms with E-state index in [1.807, 2.05) is 0 Å². The van der Waals surface area contributed by atoms with Gasteiger partial charge in [0.1, 0.15) is 0 Å². The van der Waals surface area contributed by atoms with E-state index in [0.29, 0.717) is 23.8 Å². The second-order valence-electron chi connectivity index (χ2n) is 39.7. The standard InChI is InChI=1S/C80H144N18O2/c1-29-33-39-93(59-51-77(21,22)97(61(99)31-3)78(23,24)52-59)65-83-63(81-55-43-69(5,6)89-70(7,8)44-55)85-67(87-65)95(57-47-73(13,14)91-74(15,16)48-57)41-37-35-36-38-42-96(58-49-75(17,18)92-76(19,20)50-58)68-86-64(82-56-45-71(9,10)90-72(11,12)46-56)84-66(88-68)94(40-34-30-2)60-53-79(25,26)98(62(100)32-4)80(27,28)54-60/h31-32,55-60,89-92H,3-4,29-30,33-54H2,1-2,5-28H3,(H,81,83,85,87)(H,82,84,86,88). The lowest BCUT2D eigenvalue weighted by molar-refractivity contribution is -0.145. The van der Waals surface area contributed by atoms with E-state index in [9.17, 15) is 9.59 Å². The maximum atomic E-state index is 13.7. The molecule has 2 amide bonds. The molecule has 100 heavy (non-hydrogen) atoms. The van der Waals surface area contributed by atoms with Crippen LogP contribution in [-0.4, -0.2) is 180 Å². The molecule has 6 fully saturated rings. The summed E-state index contributed by atoms with van der Waals surface area (Å²) in [5.74, 6) is 4.11. The van der Waals surface area contributed by atoms with Crippen molar-refractivity contribution < 1.29 is 9.59 Å². The van der Waals surface area contributed by atoms with Crippen LogP contribution < -0.4 is 51.5 Å². The van der Waals surface area contributed by atoms with E-state index in [-0.39, 0.29) is 92.4 Å². The first kappa shape index (κ1) is 80.8. The Bertz CT molecular complexity index is 2840. The molecule has 0 spiro atoms. The van der Waals surface area contributed by atoms with Crippen molar-refractivity contribution in [2.24, 2.45) is 0 Å². The van der Waals surface area contributed by atoms with Crippen LogP contribution in [0.2, 0.25) is 0 Å². The van der Waals surface area contributed by atoms with E-state index >= 15 is 0 Å². The second kappa shape index (κ2) is 29.9. The molecule has 6 saturated heterocycles. The number of rotatable bonds is 27. The van der Waals surface area contributed by atoms with Gasteiger partial charge in [0, 0.05) is 129 Å². The lowest BCUT2D eigenvalue weighted by atomic mass is 9.76. The van der Waals surface area contributed by atoms with Gasteiger partial charge in [0.15, 0.2) is 0 Å². The van der Waals surface area contributed by atoms with Crippen LogP contribution in [0.25, 0.3) is 0 Å². The third-order valence-electron chi connectivity index (χ3n) is 22.6. The monoisotopic (exact) mass is 1390 g/mol. The van der Waals surface area contributed by atoms with Gasteiger partial charge in [-0.15, -0.1) is 0 Å². The third kappa shape index (κ3) is 20.5. The highest BCUT2D eigenvalue weighted by molar-refractivity contribution is 5.89. The summed E-state index contributed by atoms with van der Waals surface area (Å²) in [5, 5.41) is 23.8. The molecule has 20 nitrogen and oxygen atoms in total. The Morgan fingerprint density at radius 2 is 0.580 bits per heavy atom. The second-order valence-corrected chi connectivity index (χ2v) is 39.7. The van der Waals surface area contributed by atoms with Gasteiger partial charge in [-0.1, -0.05) is 52.7 Å². The number of hydrogen-bond acceptors (Lipinski definition) is 18. The molecule has 0 radical (unpaired) electrons. The molecule has 0 bridgehead atoms. The minimum atomic E-state index is -0.448. The fraction of sp³-hybridized carbons (Fsp3) is 0.850. The molecule has 0 unspecified atom stereocenters. The van der Waals surface area contributed by atoms with E-state index in [1.54, 1.807) is 0 Å². The van der Waals surface area contributed by atoms with Gasteiger partial charge >= 0.3 is 0 Å².